The Morgan fingerprint density at radius 2 is 1.69 bits per heavy atom. The van der Waals surface area contributed by atoms with Crippen LogP contribution in [0.15, 0.2) is 66.7 Å². The molecule has 0 atom stereocenters. The van der Waals surface area contributed by atoms with Crippen molar-refractivity contribution in [1.82, 2.24) is 9.88 Å². The lowest BCUT2D eigenvalue weighted by Gasteiger charge is -2.08. The number of carbonyl (C=O) groups excluding carboxylic acids is 3. The summed E-state index contributed by atoms with van der Waals surface area (Å²) >= 11 is 0. The number of hydrogen-bond donors (Lipinski definition) is 2. The SMILES string of the molecule is CCn1c2ccccc2c2cc(NC(=O)COC(=O)CCNC(=O)c3ccc([N+](=O)[O-])cc3)ccc21. The number of fused-ring (bicyclic) bond motifs is 3. The fourth-order valence-corrected chi connectivity index (χ4v) is 4.00. The normalized spacial score (nSPS) is 10.8. The number of nitrogens with one attached hydrogen (secondary N) is 2. The third-order valence-corrected chi connectivity index (χ3v) is 5.69. The molecule has 0 aliphatic heterocycles. The van der Waals surface area contributed by atoms with Crippen molar-refractivity contribution in [3.05, 3.63) is 82.4 Å². The number of amides is 2. The van der Waals surface area contributed by atoms with E-state index in [4.69, 9.17) is 4.74 Å². The van der Waals surface area contributed by atoms with Crippen LogP contribution in [0.3, 0.4) is 0 Å². The van der Waals surface area contributed by atoms with Crippen LogP contribution in [0.2, 0.25) is 0 Å². The third-order valence-electron chi connectivity index (χ3n) is 5.69. The van der Waals surface area contributed by atoms with E-state index in [2.05, 4.69) is 28.2 Å². The lowest BCUT2D eigenvalue weighted by molar-refractivity contribution is -0.384. The number of ether oxygens (including phenoxy) is 1. The molecule has 1 aromatic heterocycles. The van der Waals surface area contributed by atoms with Gasteiger partial charge in [-0.1, -0.05) is 18.2 Å². The Morgan fingerprint density at radius 3 is 2.42 bits per heavy atom. The first-order valence-corrected chi connectivity index (χ1v) is 11.4. The summed E-state index contributed by atoms with van der Waals surface area (Å²) in [6.07, 6.45) is -0.130. The molecule has 0 spiro atoms. The first kappa shape index (κ1) is 24.4. The van der Waals surface area contributed by atoms with Crippen molar-refractivity contribution in [3.8, 4) is 0 Å². The van der Waals surface area contributed by atoms with Crippen molar-refractivity contribution in [2.45, 2.75) is 19.9 Å². The highest BCUT2D eigenvalue weighted by Crippen LogP contribution is 2.30. The van der Waals surface area contributed by atoms with E-state index in [1.165, 1.54) is 24.3 Å². The molecule has 10 heteroatoms. The van der Waals surface area contributed by atoms with Gasteiger partial charge >= 0.3 is 5.97 Å². The number of non-ortho nitro benzene ring substituents is 1. The quantitative estimate of drug-likeness (QED) is 0.208. The second kappa shape index (κ2) is 10.7. The Balaban J connectivity index is 1.26. The van der Waals surface area contributed by atoms with Gasteiger partial charge in [0.05, 0.1) is 11.3 Å². The first-order valence-electron chi connectivity index (χ1n) is 11.4. The lowest BCUT2D eigenvalue weighted by Crippen LogP contribution is -2.27. The number of nitro benzene ring substituents is 1. The van der Waals surface area contributed by atoms with Crippen molar-refractivity contribution < 1.29 is 24.0 Å². The van der Waals surface area contributed by atoms with E-state index in [0.717, 1.165) is 28.4 Å². The fraction of sp³-hybridized carbons (Fsp3) is 0.192. The van der Waals surface area contributed by atoms with E-state index >= 15 is 0 Å². The molecule has 10 nitrogen and oxygen atoms in total. The fourth-order valence-electron chi connectivity index (χ4n) is 4.00. The molecule has 4 aromatic rings. The summed E-state index contributed by atoms with van der Waals surface area (Å²) in [6.45, 7) is 2.44. The number of aromatic nitrogens is 1. The van der Waals surface area contributed by atoms with Gasteiger partial charge in [0.2, 0.25) is 0 Å². The average molecular weight is 489 g/mol. The summed E-state index contributed by atoms with van der Waals surface area (Å²) in [5, 5.41) is 18.1. The second-order valence-electron chi connectivity index (χ2n) is 8.01. The second-order valence-corrected chi connectivity index (χ2v) is 8.01. The highest BCUT2D eigenvalue weighted by Gasteiger charge is 2.13. The molecule has 0 aliphatic rings. The smallest absolute Gasteiger partial charge is 0.308 e. The molecule has 36 heavy (non-hydrogen) atoms. The van der Waals surface area contributed by atoms with E-state index in [1.54, 1.807) is 6.07 Å². The van der Waals surface area contributed by atoms with Gasteiger partial charge in [-0.3, -0.25) is 24.5 Å². The van der Waals surface area contributed by atoms with Gasteiger partial charge in [-0.15, -0.1) is 0 Å². The van der Waals surface area contributed by atoms with Gasteiger partial charge in [0.1, 0.15) is 0 Å². The number of rotatable bonds is 9. The molecule has 0 fully saturated rings. The Labute approximate surface area is 206 Å². The molecule has 3 aromatic carbocycles. The summed E-state index contributed by atoms with van der Waals surface area (Å²) in [7, 11) is 0. The molecular formula is C26H24N4O6. The molecular weight excluding hydrogens is 464 g/mol. The zero-order valence-electron chi connectivity index (χ0n) is 19.5. The predicted molar refractivity (Wildman–Crippen MR) is 135 cm³/mol. The summed E-state index contributed by atoms with van der Waals surface area (Å²) in [6, 6.07) is 18.8. The summed E-state index contributed by atoms with van der Waals surface area (Å²) in [5.74, 6) is -1.59. The molecule has 4 rings (SSSR count). The predicted octanol–water partition coefficient (Wildman–Crippen LogP) is 4.02. The molecule has 0 radical (unpaired) electrons. The van der Waals surface area contributed by atoms with E-state index in [9.17, 15) is 24.5 Å². The maximum atomic E-state index is 12.3. The molecule has 1 heterocycles. The molecule has 0 saturated heterocycles. The van der Waals surface area contributed by atoms with Crippen LogP contribution < -0.4 is 10.6 Å². The van der Waals surface area contributed by atoms with Gasteiger partial charge < -0.3 is 19.9 Å². The summed E-state index contributed by atoms with van der Waals surface area (Å²) in [5.41, 5.74) is 2.89. The average Bonchev–Trinajstić information content (AvgIpc) is 3.20. The van der Waals surface area contributed by atoms with Crippen LogP contribution in [-0.4, -0.2) is 40.4 Å². The number of benzene rings is 3. The number of hydrogen-bond acceptors (Lipinski definition) is 6. The van der Waals surface area contributed by atoms with Crippen molar-refractivity contribution in [1.29, 1.82) is 0 Å². The minimum Gasteiger partial charge on any atom is -0.456 e. The number of nitro groups is 1. The third kappa shape index (κ3) is 5.33. The summed E-state index contributed by atoms with van der Waals surface area (Å²) in [4.78, 5) is 46.5. The van der Waals surface area contributed by atoms with E-state index < -0.39 is 29.3 Å². The Morgan fingerprint density at radius 1 is 0.972 bits per heavy atom. The molecule has 0 saturated carbocycles. The van der Waals surface area contributed by atoms with Crippen LogP contribution in [0.5, 0.6) is 0 Å². The Hall–Kier alpha value is -4.73. The van der Waals surface area contributed by atoms with Gasteiger partial charge in [0.15, 0.2) is 6.61 Å². The maximum Gasteiger partial charge on any atom is 0.308 e. The highest BCUT2D eigenvalue weighted by atomic mass is 16.6. The summed E-state index contributed by atoms with van der Waals surface area (Å²) < 4.78 is 7.21. The van der Waals surface area contributed by atoms with E-state index in [1.807, 2.05) is 30.3 Å². The zero-order chi connectivity index (χ0) is 25.7. The maximum absolute atomic E-state index is 12.3. The van der Waals surface area contributed by atoms with Crippen LogP contribution in [0.4, 0.5) is 11.4 Å². The standard InChI is InChI=1S/C26H24N4O6/c1-2-29-22-6-4-3-5-20(22)21-15-18(9-12-23(21)29)28-24(31)16-36-25(32)13-14-27-26(33)17-7-10-19(11-8-17)30(34)35/h3-12,15H,2,13-14,16H2,1H3,(H,27,33)(H,28,31). The highest BCUT2D eigenvalue weighted by molar-refractivity contribution is 6.09. The molecule has 2 amide bonds. The van der Waals surface area contributed by atoms with Crippen LogP contribution >= 0.6 is 0 Å². The number of nitrogens with zero attached hydrogens (tertiary/aromatic N) is 2. The Kier molecular flexibility index (Phi) is 7.24. The van der Waals surface area contributed by atoms with E-state index in [-0.39, 0.29) is 24.2 Å². The van der Waals surface area contributed by atoms with Gasteiger partial charge in [-0.2, -0.15) is 0 Å². The van der Waals surface area contributed by atoms with Crippen LogP contribution in [-0.2, 0) is 20.9 Å². The number of anilines is 1. The van der Waals surface area contributed by atoms with Gasteiger partial charge in [-0.25, -0.2) is 0 Å². The largest absolute Gasteiger partial charge is 0.456 e. The van der Waals surface area contributed by atoms with Crippen molar-refractivity contribution in [3.63, 3.8) is 0 Å². The van der Waals surface area contributed by atoms with Gasteiger partial charge in [-0.05, 0) is 43.3 Å². The van der Waals surface area contributed by atoms with E-state index in [0.29, 0.717) is 5.69 Å². The first-order chi connectivity index (χ1) is 17.4. The minimum atomic E-state index is -0.643. The number of para-hydroxylation sites is 1. The minimum absolute atomic E-state index is 0.00552. The van der Waals surface area contributed by atoms with Crippen LogP contribution in [0.25, 0.3) is 21.8 Å². The van der Waals surface area contributed by atoms with Crippen LogP contribution in [0.1, 0.15) is 23.7 Å². The monoisotopic (exact) mass is 488 g/mol. The molecule has 0 aliphatic carbocycles. The number of esters is 1. The molecule has 0 bridgehead atoms. The van der Waals surface area contributed by atoms with Crippen molar-refractivity contribution in [2.24, 2.45) is 0 Å². The number of aryl methyl sites for hydroxylation is 1. The van der Waals surface area contributed by atoms with Crippen molar-refractivity contribution >= 4 is 51.0 Å². The molecule has 184 valence electrons. The van der Waals surface area contributed by atoms with Crippen molar-refractivity contribution in [2.75, 3.05) is 18.5 Å². The van der Waals surface area contributed by atoms with Gasteiger partial charge in [0.25, 0.3) is 17.5 Å². The van der Waals surface area contributed by atoms with Gasteiger partial charge in [0, 0.05) is 58.3 Å². The number of carbonyl (C=O) groups is 3. The molecule has 0 unspecified atom stereocenters. The lowest BCUT2D eigenvalue weighted by atomic mass is 10.1. The molecule has 2 N–H and O–H groups in total. The topological polar surface area (TPSA) is 133 Å². The Bertz CT molecular complexity index is 1460. The zero-order valence-corrected chi connectivity index (χ0v) is 19.5. The van der Waals surface area contributed by atoms with Crippen LogP contribution in [0, 0.1) is 10.1 Å².